The van der Waals surface area contributed by atoms with Gasteiger partial charge in [0.05, 0.1) is 32.6 Å². The summed E-state index contributed by atoms with van der Waals surface area (Å²) in [5.74, 6) is 1.54. The molecule has 0 spiro atoms. The molecule has 0 radical (unpaired) electrons. The van der Waals surface area contributed by atoms with E-state index in [1.165, 1.54) is 35.6 Å². The highest BCUT2D eigenvalue weighted by Gasteiger charge is 2.39. The SMILES string of the molecule is COc1ccc(N2C(=O)N(c3c(C)noc3C(F)F)Cc3cnc(Nc4ccc(C5CCN(C)CC5)cc4OC)nc32)nc1. The van der Waals surface area contributed by atoms with Gasteiger partial charge in [-0.3, -0.25) is 4.90 Å². The van der Waals surface area contributed by atoms with E-state index in [1.54, 1.807) is 25.4 Å². The summed E-state index contributed by atoms with van der Waals surface area (Å²) in [6, 6.07) is 8.61. The summed E-state index contributed by atoms with van der Waals surface area (Å²) in [6.07, 6.45) is 2.18. The summed E-state index contributed by atoms with van der Waals surface area (Å²) < 4.78 is 43.5. The Hall–Kier alpha value is -4.85. The molecule has 1 fully saturated rings. The fourth-order valence-corrected chi connectivity index (χ4v) is 5.60. The van der Waals surface area contributed by atoms with Gasteiger partial charge in [-0.2, -0.15) is 4.98 Å². The number of amides is 2. The van der Waals surface area contributed by atoms with Crippen molar-refractivity contribution in [1.82, 2.24) is 25.0 Å². The predicted molar refractivity (Wildman–Crippen MR) is 158 cm³/mol. The smallest absolute Gasteiger partial charge is 0.336 e. The van der Waals surface area contributed by atoms with Crippen LogP contribution in [0.2, 0.25) is 0 Å². The predicted octanol–water partition coefficient (Wildman–Crippen LogP) is 5.95. The van der Waals surface area contributed by atoms with E-state index in [2.05, 4.69) is 43.4 Å². The number of urea groups is 1. The molecule has 0 saturated carbocycles. The Balaban J connectivity index is 1.36. The number of halogens is 2. The first-order chi connectivity index (χ1) is 21.3. The van der Waals surface area contributed by atoms with Crippen molar-refractivity contribution in [3.8, 4) is 11.5 Å². The zero-order valence-electron chi connectivity index (χ0n) is 24.8. The van der Waals surface area contributed by atoms with Crippen LogP contribution in [0.15, 0.2) is 47.2 Å². The number of piperidine rings is 1. The van der Waals surface area contributed by atoms with Crippen molar-refractivity contribution in [2.75, 3.05) is 49.5 Å². The number of nitrogens with zero attached hydrogens (tertiary/aromatic N) is 7. The molecular formula is C30H32F2N8O4. The molecule has 0 unspecified atom stereocenters. The molecule has 3 aromatic heterocycles. The number of carbonyl (C=O) groups is 1. The van der Waals surface area contributed by atoms with Crippen LogP contribution in [-0.2, 0) is 6.54 Å². The van der Waals surface area contributed by atoms with E-state index in [0.29, 0.717) is 28.7 Å². The van der Waals surface area contributed by atoms with Gasteiger partial charge in [0.2, 0.25) is 11.7 Å². The van der Waals surface area contributed by atoms with Gasteiger partial charge < -0.3 is 24.2 Å². The highest BCUT2D eigenvalue weighted by atomic mass is 19.3. The van der Waals surface area contributed by atoms with Crippen molar-refractivity contribution < 1.29 is 27.6 Å². The first-order valence-electron chi connectivity index (χ1n) is 14.1. The van der Waals surface area contributed by atoms with Crippen LogP contribution in [0.4, 0.5) is 42.5 Å². The molecule has 2 amide bonds. The number of nitrogens with one attached hydrogen (secondary N) is 1. The van der Waals surface area contributed by atoms with Crippen molar-refractivity contribution in [2.24, 2.45) is 0 Å². The van der Waals surface area contributed by atoms with E-state index in [9.17, 15) is 13.6 Å². The quantitative estimate of drug-likeness (QED) is 0.257. The van der Waals surface area contributed by atoms with E-state index in [4.69, 9.17) is 14.0 Å². The van der Waals surface area contributed by atoms with Gasteiger partial charge >= 0.3 is 6.03 Å². The van der Waals surface area contributed by atoms with E-state index >= 15 is 0 Å². The molecule has 5 heterocycles. The third-order valence-electron chi connectivity index (χ3n) is 7.98. The molecule has 1 N–H and O–H groups in total. The molecule has 14 heteroatoms. The number of carbonyl (C=O) groups excluding carboxylic acids is 1. The Kier molecular flexibility index (Phi) is 7.99. The number of aryl methyl sites for hydroxylation is 1. The average molecular weight is 607 g/mol. The third-order valence-corrected chi connectivity index (χ3v) is 7.98. The lowest BCUT2D eigenvalue weighted by Crippen LogP contribution is -2.46. The molecule has 2 aliphatic rings. The number of benzene rings is 1. The van der Waals surface area contributed by atoms with Crippen LogP contribution in [0.1, 0.15) is 47.8 Å². The lowest BCUT2D eigenvalue weighted by molar-refractivity contribution is 0.112. The maximum absolute atomic E-state index is 14.0. The molecule has 44 heavy (non-hydrogen) atoms. The van der Waals surface area contributed by atoms with Gasteiger partial charge in [-0.25, -0.2) is 28.4 Å². The van der Waals surface area contributed by atoms with Gasteiger partial charge in [0.15, 0.2) is 5.82 Å². The number of aromatic nitrogens is 4. The molecule has 4 aromatic rings. The summed E-state index contributed by atoms with van der Waals surface area (Å²) in [7, 11) is 5.24. The maximum Gasteiger partial charge on any atom is 0.336 e. The number of methoxy groups -OCH3 is 2. The van der Waals surface area contributed by atoms with Gasteiger partial charge in [-0.15, -0.1) is 0 Å². The van der Waals surface area contributed by atoms with Crippen molar-refractivity contribution in [2.45, 2.75) is 38.7 Å². The van der Waals surface area contributed by atoms with Crippen LogP contribution in [0.3, 0.4) is 0 Å². The van der Waals surface area contributed by atoms with Crippen LogP contribution in [0.25, 0.3) is 0 Å². The van der Waals surface area contributed by atoms with Crippen LogP contribution < -0.4 is 24.6 Å². The first kappa shape index (κ1) is 29.2. The highest BCUT2D eigenvalue weighted by molar-refractivity contribution is 6.10. The number of pyridine rings is 1. The second-order valence-corrected chi connectivity index (χ2v) is 10.7. The van der Waals surface area contributed by atoms with E-state index < -0.39 is 18.2 Å². The largest absolute Gasteiger partial charge is 0.495 e. The van der Waals surface area contributed by atoms with Crippen molar-refractivity contribution in [3.63, 3.8) is 0 Å². The molecule has 6 rings (SSSR count). The number of anilines is 5. The molecule has 0 atom stereocenters. The number of hydrogen-bond acceptors (Lipinski definition) is 10. The van der Waals surface area contributed by atoms with E-state index in [1.807, 2.05) is 12.1 Å². The number of likely N-dealkylation sites (tertiary alicyclic amines) is 1. The Morgan fingerprint density at radius 3 is 2.55 bits per heavy atom. The van der Waals surface area contributed by atoms with E-state index in [0.717, 1.165) is 25.9 Å². The zero-order valence-corrected chi connectivity index (χ0v) is 24.8. The zero-order chi connectivity index (χ0) is 31.0. The summed E-state index contributed by atoms with van der Waals surface area (Å²) in [5.41, 5.74) is 2.41. The molecule has 0 aliphatic carbocycles. The Bertz CT molecular complexity index is 1660. The van der Waals surface area contributed by atoms with Crippen LogP contribution in [0.5, 0.6) is 11.5 Å². The number of fused-ring (bicyclic) bond motifs is 1. The minimum absolute atomic E-state index is 0.0858. The fraction of sp³-hybridized carbons (Fsp3) is 0.367. The molecule has 1 aromatic carbocycles. The van der Waals surface area contributed by atoms with Gasteiger partial charge in [0, 0.05) is 11.8 Å². The molecule has 12 nitrogen and oxygen atoms in total. The third kappa shape index (κ3) is 5.48. The molecule has 0 bridgehead atoms. The van der Waals surface area contributed by atoms with Gasteiger partial charge in [-0.05, 0) is 75.6 Å². The number of hydrogen-bond donors (Lipinski definition) is 1. The molecule has 2 aliphatic heterocycles. The summed E-state index contributed by atoms with van der Waals surface area (Å²) in [4.78, 5) is 32.3. The number of alkyl halides is 2. The average Bonchev–Trinajstić information content (AvgIpc) is 3.43. The van der Waals surface area contributed by atoms with Crippen LogP contribution in [-0.4, -0.2) is 65.4 Å². The Morgan fingerprint density at radius 1 is 1.07 bits per heavy atom. The fourth-order valence-electron chi connectivity index (χ4n) is 5.60. The molecule has 230 valence electrons. The normalized spacial score (nSPS) is 15.9. The number of ether oxygens (including phenoxy) is 2. The summed E-state index contributed by atoms with van der Waals surface area (Å²) in [5, 5.41) is 6.90. The topological polar surface area (TPSA) is 122 Å². The molecular weight excluding hydrogens is 574 g/mol. The lowest BCUT2D eigenvalue weighted by atomic mass is 9.89. The summed E-state index contributed by atoms with van der Waals surface area (Å²) in [6.45, 7) is 3.51. The first-order valence-corrected chi connectivity index (χ1v) is 14.1. The molecule has 1 saturated heterocycles. The second-order valence-electron chi connectivity index (χ2n) is 10.7. The summed E-state index contributed by atoms with van der Waals surface area (Å²) >= 11 is 0. The minimum Gasteiger partial charge on any atom is -0.495 e. The monoisotopic (exact) mass is 606 g/mol. The van der Waals surface area contributed by atoms with Crippen molar-refractivity contribution >= 4 is 35.0 Å². The van der Waals surface area contributed by atoms with Crippen LogP contribution in [0, 0.1) is 6.92 Å². The Labute approximate surface area is 252 Å². The Morgan fingerprint density at radius 2 is 1.86 bits per heavy atom. The minimum atomic E-state index is -2.98. The van der Waals surface area contributed by atoms with Crippen molar-refractivity contribution in [3.05, 3.63) is 65.3 Å². The second kappa shape index (κ2) is 12.0. The maximum atomic E-state index is 14.0. The van der Waals surface area contributed by atoms with Gasteiger partial charge in [0.25, 0.3) is 6.43 Å². The number of rotatable bonds is 8. The standard InChI is InChI=1S/C30H32F2N8O4/c1-17-25(26(27(31)32)44-37-17)39-16-20-14-34-29(36-28(20)40(30(39)41)24-8-6-21(42-3)15-33-24)35-22-7-5-19(13-23(22)43-4)18-9-11-38(2)12-10-18/h5-8,13-15,18,27H,9-12,16H2,1-4H3,(H,34,35,36). The van der Waals surface area contributed by atoms with Gasteiger partial charge in [0.1, 0.15) is 28.7 Å². The van der Waals surface area contributed by atoms with Crippen LogP contribution >= 0.6 is 0 Å². The van der Waals surface area contributed by atoms with Crippen molar-refractivity contribution in [1.29, 1.82) is 0 Å². The highest BCUT2D eigenvalue weighted by Crippen LogP contribution is 2.41. The van der Waals surface area contributed by atoms with E-state index in [-0.39, 0.29) is 35.5 Å². The van der Waals surface area contributed by atoms with Gasteiger partial charge in [-0.1, -0.05) is 11.2 Å². The lowest BCUT2D eigenvalue weighted by Gasteiger charge is -2.35.